The van der Waals surface area contributed by atoms with E-state index >= 15 is 0 Å². The Kier molecular flexibility index (Phi) is 6.46. The number of hydrogen-bond acceptors (Lipinski definition) is 5. The van der Waals surface area contributed by atoms with Crippen LogP contribution in [0.5, 0.6) is 5.75 Å². The van der Waals surface area contributed by atoms with Crippen molar-refractivity contribution in [1.82, 2.24) is 14.5 Å². The molecule has 0 aliphatic carbocycles. The normalized spacial score (nSPS) is 16.4. The molecule has 0 spiro atoms. The Morgan fingerprint density at radius 3 is 2.77 bits per heavy atom. The van der Waals surface area contributed by atoms with Crippen LogP contribution in [0.4, 0.5) is 0 Å². The first kappa shape index (κ1) is 21.2. The van der Waals surface area contributed by atoms with Gasteiger partial charge in [0.1, 0.15) is 12.3 Å². The van der Waals surface area contributed by atoms with Crippen LogP contribution < -0.4 is 4.74 Å². The first-order chi connectivity index (χ1) is 15.1. The zero-order chi connectivity index (χ0) is 21.8. The molecule has 1 amide bonds. The average molecular weight is 440 g/mol. The molecule has 4 rings (SSSR count). The number of likely N-dealkylation sites (tertiary alicyclic amines) is 1. The van der Waals surface area contributed by atoms with Crippen molar-refractivity contribution in [1.29, 1.82) is 0 Å². The number of ether oxygens (including phenoxy) is 1. The van der Waals surface area contributed by atoms with Gasteiger partial charge in [-0.25, -0.2) is 4.98 Å². The molecule has 2 aromatic carbocycles. The van der Waals surface area contributed by atoms with Crippen LogP contribution >= 0.6 is 11.8 Å². The number of amides is 1. The third kappa shape index (κ3) is 4.69. The van der Waals surface area contributed by atoms with E-state index in [0.717, 1.165) is 36.2 Å². The predicted molar refractivity (Wildman–Crippen MR) is 120 cm³/mol. The van der Waals surface area contributed by atoms with Gasteiger partial charge in [0.05, 0.1) is 23.7 Å². The van der Waals surface area contributed by atoms with Crippen LogP contribution in [0.25, 0.3) is 11.0 Å². The lowest BCUT2D eigenvalue weighted by atomic mass is 9.99. The number of carbonyl (C=O) groups is 2. The minimum atomic E-state index is -0.892. The molecule has 1 N–H and O–H groups in total. The number of carboxylic acids is 1. The number of piperidine rings is 1. The Hall–Kier alpha value is -3.00. The molecule has 0 radical (unpaired) electrons. The van der Waals surface area contributed by atoms with E-state index in [0.29, 0.717) is 28.9 Å². The van der Waals surface area contributed by atoms with Crippen LogP contribution in [0.15, 0.2) is 53.7 Å². The van der Waals surface area contributed by atoms with Gasteiger partial charge in [-0.3, -0.25) is 9.59 Å². The van der Waals surface area contributed by atoms with Gasteiger partial charge in [0, 0.05) is 18.8 Å². The highest BCUT2D eigenvalue weighted by Crippen LogP contribution is 2.29. The summed E-state index contributed by atoms with van der Waals surface area (Å²) in [5.41, 5.74) is 2.20. The van der Waals surface area contributed by atoms with Crippen molar-refractivity contribution in [2.24, 2.45) is 5.92 Å². The van der Waals surface area contributed by atoms with Gasteiger partial charge < -0.3 is 19.3 Å². The molecule has 7 nitrogen and oxygen atoms in total. The number of carboxylic acid groups (broad SMARTS) is 1. The first-order valence-electron chi connectivity index (χ1n) is 10.3. The standard InChI is InChI=1S/C23H25N3O4S/c1-30-20-11-5-2-8-17(20)22(29)25-12-6-7-16(13-25)15-31-23-24-18-9-3-4-10-19(18)26(23)14-21(27)28/h2-5,8-11,16H,6-7,12-15H2,1H3,(H,27,28). The molecule has 3 aromatic rings. The summed E-state index contributed by atoms with van der Waals surface area (Å²) in [6.45, 7) is 1.28. The second-order valence-corrected chi connectivity index (χ2v) is 8.62. The van der Waals surface area contributed by atoms with Crippen molar-refractivity contribution in [3.8, 4) is 5.75 Å². The predicted octanol–water partition coefficient (Wildman–Crippen LogP) is 3.77. The number of fused-ring (bicyclic) bond motifs is 1. The molecule has 1 saturated heterocycles. The number of thioether (sulfide) groups is 1. The van der Waals surface area contributed by atoms with Crippen LogP contribution in [0.3, 0.4) is 0 Å². The lowest BCUT2D eigenvalue weighted by molar-refractivity contribution is -0.137. The Labute approximate surface area is 185 Å². The Balaban J connectivity index is 1.46. The van der Waals surface area contributed by atoms with Gasteiger partial charge >= 0.3 is 5.97 Å². The molecule has 1 atom stereocenters. The fourth-order valence-corrected chi connectivity index (χ4v) is 5.16. The molecule has 0 bridgehead atoms. The van der Waals surface area contributed by atoms with Gasteiger partial charge in [-0.15, -0.1) is 0 Å². The summed E-state index contributed by atoms with van der Waals surface area (Å²) in [7, 11) is 1.57. The zero-order valence-corrected chi connectivity index (χ0v) is 18.2. The van der Waals surface area contributed by atoms with E-state index in [1.165, 1.54) is 0 Å². The number of aliphatic carboxylic acids is 1. The third-order valence-electron chi connectivity index (χ3n) is 5.50. The number of methoxy groups -OCH3 is 1. The fourth-order valence-electron chi connectivity index (χ4n) is 4.02. The summed E-state index contributed by atoms with van der Waals surface area (Å²) in [5.74, 6) is 0.780. The molecule has 1 aliphatic heterocycles. The van der Waals surface area contributed by atoms with Crippen LogP contribution in [0.2, 0.25) is 0 Å². The van der Waals surface area contributed by atoms with Crippen molar-refractivity contribution in [2.75, 3.05) is 26.0 Å². The highest BCUT2D eigenvalue weighted by atomic mass is 32.2. The third-order valence-corrected chi connectivity index (χ3v) is 6.71. The van der Waals surface area contributed by atoms with Gasteiger partial charge in [-0.1, -0.05) is 36.0 Å². The zero-order valence-electron chi connectivity index (χ0n) is 17.4. The average Bonchev–Trinajstić information content (AvgIpc) is 3.14. The second kappa shape index (κ2) is 9.43. The highest BCUT2D eigenvalue weighted by molar-refractivity contribution is 7.99. The lowest BCUT2D eigenvalue weighted by Crippen LogP contribution is -2.40. The molecule has 2 heterocycles. The van der Waals surface area contributed by atoms with Crippen LogP contribution in [0.1, 0.15) is 23.2 Å². The number of carbonyl (C=O) groups excluding carboxylic acids is 1. The quantitative estimate of drug-likeness (QED) is 0.564. The van der Waals surface area contributed by atoms with Crippen molar-refractivity contribution in [3.63, 3.8) is 0 Å². The molecule has 1 aromatic heterocycles. The molecule has 0 saturated carbocycles. The number of rotatable bonds is 7. The van der Waals surface area contributed by atoms with Crippen LogP contribution in [-0.4, -0.2) is 57.4 Å². The largest absolute Gasteiger partial charge is 0.496 e. The van der Waals surface area contributed by atoms with Crippen LogP contribution in [-0.2, 0) is 11.3 Å². The van der Waals surface area contributed by atoms with Gasteiger partial charge in [0.15, 0.2) is 5.16 Å². The van der Waals surface area contributed by atoms with Gasteiger partial charge in [-0.05, 0) is 43.0 Å². The molecule has 1 unspecified atom stereocenters. The smallest absolute Gasteiger partial charge is 0.323 e. The number of nitrogens with zero attached hydrogens (tertiary/aromatic N) is 3. The summed E-state index contributed by atoms with van der Waals surface area (Å²) in [6, 6.07) is 14.9. The van der Waals surface area contributed by atoms with Crippen molar-refractivity contribution in [3.05, 3.63) is 54.1 Å². The molecule has 1 fully saturated rings. The maximum absolute atomic E-state index is 13.0. The van der Waals surface area contributed by atoms with Crippen molar-refractivity contribution < 1.29 is 19.4 Å². The molecular formula is C23H25N3O4S. The Morgan fingerprint density at radius 1 is 1.19 bits per heavy atom. The number of para-hydroxylation sites is 3. The van der Waals surface area contributed by atoms with E-state index in [1.54, 1.807) is 35.6 Å². The second-order valence-electron chi connectivity index (χ2n) is 7.63. The first-order valence-corrected chi connectivity index (χ1v) is 11.3. The van der Waals surface area contributed by atoms with E-state index in [1.807, 2.05) is 41.3 Å². The molecular weight excluding hydrogens is 414 g/mol. The van der Waals surface area contributed by atoms with Gasteiger partial charge in [0.25, 0.3) is 5.91 Å². The number of benzene rings is 2. The molecule has 162 valence electrons. The maximum Gasteiger partial charge on any atom is 0.323 e. The van der Waals surface area contributed by atoms with E-state index in [4.69, 9.17) is 4.74 Å². The molecule has 1 aliphatic rings. The summed E-state index contributed by atoms with van der Waals surface area (Å²) >= 11 is 1.56. The SMILES string of the molecule is COc1ccccc1C(=O)N1CCCC(CSc2nc3ccccc3n2CC(=O)O)C1. The minimum absolute atomic E-state index is 0.00901. The lowest BCUT2D eigenvalue weighted by Gasteiger charge is -2.33. The molecule has 8 heteroatoms. The van der Waals surface area contributed by atoms with Gasteiger partial charge in [-0.2, -0.15) is 0 Å². The minimum Gasteiger partial charge on any atom is -0.496 e. The van der Waals surface area contributed by atoms with E-state index in [9.17, 15) is 14.7 Å². The highest BCUT2D eigenvalue weighted by Gasteiger charge is 2.27. The Morgan fingerprint density at radius 2 is 1.97 bits per heavy atom. The number of hydrogen-bond donors (Lipinski definition) is 1. The molecule has 31 heavy (non-hydrogen) atoms. The van der Waals surface area contributed by atoms with Gasteiger partial charge in [0.2, 0.25) is 0 Å². The monoisotopic (exact) mass is 439 g/mol. The van der Waals surface area contributed by atoms with Crippen molar-refractivity contribution >= 4 is 34.7 Å². The number of aromatic nitrogens is 2. The van der Waals surface area contributed by atoms with Crippen molar-refractivity contribution in [2.45, 2.75) is 24.5 Å². The maximum atomic E-state index is 13.0. The summed E-state index contributed by atoms with van der Waals surface area (Å²) in [6.07, 6.45) is 1.97. The number of imidazole rings is 1. The Bertz CT molecular complexity index is 1100. The fraction of sp³-hybridized carbons (Fsp3) is 0.348. The summed E-state index contributed by atoms with van der Waals surface area (Å²) < 4.78 is 7.11. The topological polar surface area (TPSA) is 84.7 Å². The van der Waals surface area contributed by atoms with Crippen LogP contribution in [0, 0.1) is 5.92 Å². The summed E-state index contributed by atoms with van der Waals surface area (Å²) in [5, 5.41) is 10.0. The van der Waals surface area contributed by atoms with E-state index < -0.39 is 5.97 Å². The summed E-state index contributed by atoms with van der Waals surface area (Å²) in [4.78, 5) is 30.9. The van der Waals surface area contributed by atoms with E-state index in [2.05, 4.69) is 4.98 Å². The van der Waals surface area contributed by atoms with E-state index in [-0.39, 0.29) is 12.5 Å².